The standard InChI is InChI=1S/C21H30ClN3O4/c1-13(2)19(23)20(27)24-12-16(14-3-5-17(22)6-4-14)11-18(26)25-9-7-15(8-10-25)21(28)29/h3-6,13,15-16,19H,7-12,23H2,1-2H3,(H,24,27)(H,28,29)/t16-,19-/m0/s1. The number of nitrogens with one attached hydrogen (secondary N) is 1. The van der Waals surface area contributed by atoms with Crippen molar-refractivity contribution in [2.75, 3.05) is 19.6 Å². The predicted octanol–water partition coefficient (Wildman–Crippen LogP) is 2.24. The number of carboxylic acids is 1. The maximum absolute atomic E-state index is 12.8. The Balaban J connectivity index is 2.03. The van der Waals surface area contributed by atoms with Gasteiger partial charge in [0.05, 0.1) is 12.0 Å². The highest BCUT2D eigenvalue weighted by atomic mass is 35.5. The summed E-state index contributed by atoms with van der Waals surface area (Å²) in [5.74, 6) is -1.69. The van der Waals surface area contributed by atoms with Crippen LogP contribution in [0.15, 0.2) is 24.3 Å². The van der Waals surface area contributed by atoms with Gasteiger partial charge in [0.1, 0.15) is 0 Å². The third-order valence-corrected chi connectivity index (χ3v) is 5.75. The lowest BCUT2D eigenvalue weighted by molar-refractivity contribution is -0.145. The van der Waals surface area contributed by atoms with Gasteiger partial charge in [0.2, 0.25) is 11.8 Å². The first-order valence-electron chi connectivity index (χ1n) is 9.98. The first-order chi connectivity index (χ1) is 13.7. The van der Waals surface area contributed by atoms with Crippen molar-refractivity contribution in [2.45, 2.75) is 45.1 Å². The molecule has 2 atom stereocenters. The lowest BCUT2D eigenvalue weighted by atomic mass is 9.93. The molecule has 1 saturated heterocycles. The van der Waals surface area contributed by atoms with Gasteiger partial charge in [-0.3, -0.25) is 14.4 Å². The quantitative estimate of drug-likeness (QED) is 0.593. The second-order valence-electron chi connectivity index (χ2n) is 7.96. The molecule has 2 rings (SSSR count). The molecular weight excluding hydrogens is 394 g/mol. The minimum absolute atomic E-state index is 0.0149. The van der Waals surface area contributed by atoms with E-state index in [9.17, 15) is 14.4 Å². The summed E-state index contributed by atoms with van der Waals surface area (Å²) in [6, 6.07) is 6.62. The molecule has 1 aliphatic rings. The molecule has 7 nitrogen and oxygen atoms in total. The molecule has 1 aromatic rings. The van der Waals surface area contributed by atoms with Crippen molar-refractivity contribution in [2.24, 2.45) is 17.6 Å². The minimum atomic E-state index is -0.805. The van der Waals surface area contributed by atoms with Crippen molar-refractivity contribution >= 4 is 29.4 Å². The average molecular weight is 424 g/mol. The number of hydrogen-bond donors (Lipinski definition) is 3. The van der Waals surface area contributed by atoms with Crippen molar-refractivity contribution in [1.29, 1.82) is 0 Å². The van der Waals surface area contributed by atoms with Crippen LogP contribution < -0.4 is 11.1 Å². The van der Waals surface area contributed by atoms with Gasteiger partial charge in [-0.25, -0.2) is 0 Å². The van der Waals surface area contributed by atoms with Gasteiger partial charge in [0, 0.05) is 37.0 Å². The van der Waals surface area contributed by atoms with Crippen LogP contribution in [0, 0.1) is 11.8 Å². The molecule has 2 amide bonds. The van der Waals surface area contributed by atoms with Crippen LogP contribution in [0.5, 0.6) is 0 Å². The van der Waals surface area contributed by atoms with E-state index in [2.05, 4.69) is 5.32 Å². The van der Waals surface area contributed by atoms with Gasteiger partial charge < -0.3 is 21.1 Å². The van der Waals surface area contributed by atoms with Gasteiger partial charge in [-0.15, -0.1) is 0 Å². The number of likely N-dealkylation sites (tertiary alicyclic amines) is 1. The van der Waals surface area contributed by atoms with Crippen LogP contribution in [0.3, 0.4) is 0 Å². The molecule has 29 heavy (non-hydrogen) atoms. The van der Waals surface area contributed by atoms with Crippen LogP contribution in [-0.2, 0) is 14.4 Å². The van der Waals surface area contributed by atoms with E-state index in [1.165, 1.54) is 0 Å². The highest BCUT2D eigenvalue weighted by molar-refractivity contribution is 6.30. The molecule has 160 valence electrons. The SMILES string of the molecule is CC(C)[C@H](N)C(=O)NC[C@H](CC(=O)N1CCC(C(=O)O)CC1)c1ccc(Cl)cc1. The molecule has 0 aliphatic carbocycles. The van der Waals surface area contributed by atoms with E-state index < -0.39 is 12.0 Å². The molecule has 4 N–H and O–H groups in total. The molecule has 0 aromatic heterocycles. The van der Waals surface area contributed by atoms with Crippen molar-refractivity contribution in [1.82, 2.24) is 10.2 Å². The molecule has 0 bridgehead atoms. The summed E-state index contributed by atoms with van der Waals surface area (Å²) < 4.78 is 0. The predicted molar refractivity (Wildman–Crippen MR) is 112 cm³/mol. The van der Waals surface area contributed by atoms with Gasteiger partial charge in [-0.2, -0.15) is 0 Å². The number of rotatable bonds is 8. The number of halogens is 1. The summed E-state index contributed by atoms with van der Waals surface area (Å²) in [6.45, 7) is 4.93. The van der Waals surface area contributed by atoms with Crippen LogP contribution in [0.4, 0.5) is 0 Å². The summed E-state index contributed by atoms with van der Waals surface area (Å²) in [5, 5.41) is 12.6. The number of benzene rings is 1. The van der Waals surface area contributed by atoms with Crippen LogP contribution in [0.25, 0.3) is 0 Å². The number of carbonyl (C=O) groups excluding carboxylic acids is 2. The maximum Gasteiger partial charge on any atom is 0.306 e. The molecule has 1 fully saturated rings. The van der Waals surface area contributed by atoms with E-state index in [0.717, 1.165) is 5.56 Å². The van der Waals surface area contributed by atoms with E-state index in [1.807, 2.05) is 26.0 Å². The van der Waals surface area contributed by atoms with Crippen LogP contribution in [0.1, 0.15) is 44.6 Å². The number of nitrogens with two attached hydrogens (primary N) is 1. The van der Waals surface area contributed by atoms with E-state index in [0.29, 0.717) is 31.0 Å². The largest absolute Gasteiger partial charge is 0.481 e. The molecule has 1 aromatic carbocycles. The normalized spacial score (nSPS) is 17.1. The molecule has 1 heterocycles. The summed E-state index contributed by atoms with van der Waals surface area (Å²) in [5.41, 5.74) is 6.81. The molecular formula is C21H30ClN3O4. The van der Waals surface area contributed by atoms with Crippen molar-refractivity contribution in [3.63, 3.8) is 0 Å². The van der Waals surface area contributed by atoms with Crippen LogP contribution in [-0.4, -0.2) is 53.5 Å². The van der Waals surface area contributed by atoms with Gasteiger partial charge in [-0.05, 0) is 36.5 Å². The van der Waals surface area contributed by atoms with Crippen LogP contribution >= 0.6 is 11.6 Å². The average Bonchev–Trinajstić information content (AvgIpc) is 2.70. The minimum Gasteiger partial charge on any atom is -0.481 e. The zero-order chi connectivity index (χ0) is 21.6. The Bertz CT molecular complexity index is 715. The summed E-state index contributed by atoms with van der Waals surface area (Å²) in [4.78, 5) is 37.9. The summed E-state index contributed by atoms with van der Waals surface area (Å²) >= 11 is 5.98. The van der Waals surface area contributed by atoms with Gasteiger partial charge in [-0.1, -0.05) is 37.6 Å². The topological polar surface area (TPSA) is 113 Å². The van der Waals surface area contributed by atoms with Gasteiger partial charge >= 0.3 is 5.97 Å². The number of amides is 2. The Morgan fingerprint density at radius 1 is 1.21 bits per heavy atom. The fraction of sp³-hybridized carbons (Fsp3) is 0.571. The summed E-state index contributed by atoms with van der Waals surface area (Å²) in [7, 11) is 0. The number of aliphatic carboxylic acids is 1. The summed E-state index contributed by atoms with van der Waals surface area (Å²) in [6.07, 6.45) is 1.15. The molecule has 1 aliphatic heterocycles. The number of hydrogen-bond acceptors (Lipinski definition) is 4. The van der Waals surface area contributed by atoms with Crippen molar-refractivity contribution in [3.8, 4) is 0 Å². The highest BCUT2D eigenvalue weighted by Crippen LogP contribution is 2.24. The monoisotopic (exact) mass is 423 g/mol. The molecule has 0 radical (unpaired) electrons. The van der Waals surface area contributed by atoms with E-state index in [-0.39, 0.29) is 42.5 Å². The van der Waals surface area contributed by atoms with Crippen molar-refractivity contribution in [3.05, 3.63) is 34.9 Å². The van der Waals surface area contributed by atoms with E-state index >= 15 is 0 Å². The zero-order valence-corrected chi connectivity index (χ0v) is 17.7. The second kappa shape index (κ2) is 10.6. The van der Waals surface area contributed by atoms with E-state index in [4.69, 9.17) is 22.4 Å². The number of piperidine rings is 1. The molecule has 0 saturated carbocycles. The smallest absolute Gasteiger partial charge is 0.306 e. The third-order valence-electron chi connectivity index (χ3n) is 5.50. The lowest BCUT2D eigenvalue weighted by Crippen LogP contribution is -2.46. The van der Waals surface area contributed by atoms with Gasteiger partial charge in [0.15, 0.2) is 0 Å². The maximum atomic E-state index is 12.8. The fourth-order valence-electron chi connectivity index (χ4n) is 3.40. The first-order valence-corrected chi connectivity index (χ1v) is 10.4. The number of nitrogens with zero attached hydrogens (tertiary/aromatic N) is 1. The Morgan fingerprint density at radius 2 is 1.79 bits per heavy atom. The van der Waals surface area contributed by atoms with Gasteiger partial charge in [0.25, 0.3) is 0 Å². The zero-order valence-electron chi connectivity index (χ0n) is 16.9. The molecule has 0 unspecified atom stereocenters. The van der Waals surface area contributed by atoms with E-state index in [1.54, 1.807) is 17.0 Å². The Hall–Kier alpha value is -2.12. The lowest BCUT2D eigenvalue weighted by Gasteiger charge is -2.31. The Morgan fingerprint density at radius 3 is 2.31 bits per heavy atom. The van der Waals surface area contributed by atoms with Crippen molar-refractivity contribution < 1.29 is 19.5 Å². The number of carboxylic acid groups (broad SMARTS) is 1. The first kappa shape index (κ1) is 23.2. The second-order valence-corrected chi connectivity index (χ2v) is 8.40. The molecule has 0 spiro atoms. The third kappa shape index (κ3) is 6.72. The molecule has 8 heteroatoms. The highest BCUT2D eigenvalue weighted by Gasteiger charge is 2.29. The number of carbonyl (C=O) groups is 3. The fourth-order valence-corrected chi connectivity index (χ4v) is 3.53. The Kier molecular flexibility index (Phi) is 8.46. The van der Waals surface area contributed by atoms with Crippen LogP contribution in [0.2, 0.25) is 5.02 Å². The Labute approximate surface area is 176 Å².